The van der Waals surface area contributed by atoms with E-state index in [4.69, 9.17) is 9.47 Å². The van der Waals surface area contributed by atoms with Crippen molar-refractivity contribution in [1.82, 2.24) is 0 Å². The topological polar surface area (TPSA) is 18.5 Å². The maximum absolute atomic E-state index is 14.2. The van der Waals surface area contributed by atoms with Gasteiger partial charge in [-0.2, -0.15) is 13.2 Å². The maximum Gasteiger partial charge on any atom is 0.417 e. The van der Waals surface area contributed by atoms with Crippen molar-refractivity contribution < 1.29 is 22.6 Å². The summed E-state index contributed by atoms with van der Waals surface area (Å²) in [4.78, 5) is 0. The molecule has 0 saturated carbocycles. The lowest BCUT2D eigenvalue weighted by atomic mass is 9.76. The Bertz CT molecular complexity index is 1050. The minimum absolute atomic E-state index is 0.0738. The first-order valence-corrected chi connectivity index (χ1v) is 14.2. The van der Waals surface area contributed by atoms with Crippen molar-refractivity contribution in [2.24, 2.45) is 0 Å². The van der Waals surface area contributed by atoms with Crippen LogP contribution in [0.3, 0.4) is 0 Å². The second kappa shape index (κ2) is 12.1. The fourth-order valence-corrected chi connectivity index (χ4v) is 6.33. The molecule has 0 saturated heterocycles. The summed E-state index contributed by atoms with van der Waals surface area (Å²) in [5.41, 5.74) is 2.90. The van der Waals surface area contributed by atoms with Crippen LogP contribution in [0.5, 0.6) is 5.75 Å². The zero-order chi connectivity index (χ0) is 28.2. The second-order valence-electron chi connectivity index (χ2n) is 12.4. The summed E-state index contributed by atoms with van der Waals surface area (Å²) in [6.07, 6.45) is -0.635. The Morgan fingerprint density at radius 1 is 0.811 bits per heavy atom. The van der Waals surface area contributed by atoms with Crippen LogP contribution in [0, 0.1) is 6.92 Å². The predicted octanol–water partition coefficient (Wildman–Crippen LogP) is 9.39. The average molecular weight is 539 g/mol. The Balaban J connectivity index is 2.89. The van der Waals surface area contributed by atoms with Crippen LogP contribution in [0.4, 0.5) is 13.2 Å². The highest BCUT2D eigenvalue weighted by Crippen LogP contribution is 2.53. The van der Waals surface area contributed by atoms with Crippen molar-refractivity contribution in [3.05, 3.63) is 58.1 Å². The third-order valence-electron chi connectivity index (χ3n) is 6.85. The van der Waals surface area contributed by atoms with Crippen molar-refractivity contribution in [2.75, 3.05) is 13.9 Å². The minimum atomic E-state index is -4.40. The van der Waals surface area contributed by atoms with Gasteiger partial charge in [-0.1, -0.05) is 113 Å². The molecule has 2 rings (SSSR count). The minimum Gasteiger partial charge on any atom is -0.467 e. The summed E-state index contributed by atoms with van der Waals surface area (Å²) in [6, 6.07) is 9.13. The van der Waals surface area contributed by atoms with Gasteiger partial charge in [-0.25, -0.2) is 0 Å². The van der Waals surface area contributed by atoms with E-state index < -0.39 is 16.9 Å². The number of rotatable bonds is 10. The zero-order valence-electron chi connectivity index (χ0n) is 24.4. The summed E-state index contributed by atoms with van der Waals surface area (Å²) >= 11 is 0. The fraction of sp³-hybridized carbons (Fsp3) is 0.613. The number of hydrogen-bond donors (Lipinski definition) is 0. The van der Waals surface area contributed by atoms with Gasteiger partial charge >= 0.3 is 6.18 Å². The van der Waals surface area contributed by atoms with Crippen LogP contribution in [-0.4, -0.2) is 13.9 Å². The van der Waals surface area contributed by atoms with Crippen LogP contribution in [0.15, 0.2) is 30.3 Å². The first kappa shape index (κ1) is 31.6. The van der Waals surface area contributed by atoms with Gasteiger partial charge in [0.1, 0.15) is 5.75 Å². The Morgan fingerprint density at radius 3 is 1.95 bits per heavy atom. The highest BCUT2D eigenvalue weighted by Gasteiger charge is 2.39. The quantitative estimate of drug-likeness (QED) is 0.170. The summed E-state index contributed by atoms with van der Waals surface area (Å²) in [5.74, 6) is 0.745. The van der Waals surface area contributed by atoms with E-state index in [9.17, 15) is 13.2 Å². The molecule has 0 aliphatic heterocycles. The van der Waals surface area contributed by atoms with E-state index in [0.29, 0.717) is 10.9 Å². The monoisotopic (exact) mass is 538 g/mol. The van der Waals surface area contributed by atoms with Crippen molar-refractivity contribution in [3.8, 4) is 5.75 Å². The van der Waals surface area contributed by atoms with Crippen LogP contribution in [-0.2, 0) is 26.9 Å². The number of halogens is 3. The lowest BCUT2D eigenvalue weighted by Crippen LogP contribution is -2.27. The summed E-state index contributed by atoms with van der Waals surface area (Å²) in [6.45, 7) is 19.0. The molecule has 2 atom stereocenters. The van der Waals surface area contributed by atoms with E-state index in [1.807, 2.05) is 0 Å². The van der Waals surface area contributed by atoms with Crippen LogP contribution in [0.25, 0.3) is 0 Å². The van der Waals surface area contributed by atoms with Gasteiger partial charge in [0, 0.05) is 23.4 Å². The zero-order valence-corrected chi connectivity index (χ0v) is 25.4. The average Bonchev–Trinajstić information content (AvgIpc) is 2.76. The van der Waals surface area contributed by atoms with E-state index in [0.717, 1.165) is 48.1 Å². The smallest absolute Gasteiger partial charge is 0.417 e. The predicted molar refractivity (Wildman–Crippen MR) is 152 cm³/mol. The molecule has 2 nitrogen and oxygen atoms in total. The number of aryl methyl sites for hydroxylation is 1. The molecule has 0 aliphatic carbocycles. The Hall–Kier alpha value is -1.58. The molecular weight excluding hydrogens is 492 g/mol. The van der Waals surface area contributed by atoms with Crippen molar-refractivity contribution in [2.45, 2.75) is 110 Å². The lowest BCUT2D eigenvalue weighted by Gasteiger charge is -2.37. The Labute approximate surface area is 224 Å². The summed E-state index contributed by atoms with van der Waals surface area (Å²) in [5, 5.41) is -0.192. The molecule has 0 amide bonds. The Kier molecular flexibility index (Phi) is 10.3. The van der Waals surface area contributed by atoms with Gasteiger partial charge in [0.25, 0.3) is 0 Å². The van der Waals surface area contributed by atoms with Crippen LogP contribution in [0.2, 0.25) is 0 Å². The molecule has 2 aromatic rings. The highest BCUT2D eigenvalue weighted by atomic mass is 31.1. The van der Waals surface area contributed by atoms with Crippen molar-refractivity contribution in [3.63, 3.8) is 0 Å². The highest BCUT2D eigenvalue weighted by molar-refractivity contribution is 7.48. The summed E-state index contributed by atoms with van der Waals surface area (Å²) < 4.78 is 54.1. The van der Waals surface area contributed by atoms with Gasteiger partial charge < -0.3 is 9.47 Å². The van der Waals surface area contributed by atoms with Crippen LogP contribution in [0.1, 0.15) is 109 Å². The molecule has 208 valence electrons. The van der Waals surface area contributed by atoms with E-state index in [2.05, 4.69) is 67.5 Å². The number of alkyl halides is 3. The van der Waals surface area contributed by atoms with E-state index in [1.165, 1.54) is 6.07 Å². The maximum atomic E-state index is 14.2. The van der Waals surface area contributed by atoms with Gasteiger partial charge in [0.2, 0.25) is 0 Å². The molecule has 2 aromatic carbocycles. The second-order valence-corrected chi connectivity index (χ2v) is 14.3. The standard InChI is InChI=1S/C31H46F3O2P/c1-11-12-13-16-30(9,37-26-15-14-21(2)17-23(26)31(32,33)34)25-19-22(28(3,4)5)18-24(29(6,7)8)27(25)36-20-35-10/h14-15,17-19,37H,11-13,16,20H2,1-10H3. The Morgan fingerprint density at radius 2 is 1.43 bits per heavy atom. The molecule has 0 spiro atoms. The van der Waals surface area contributed by atoms with E-state index in [-0.39, 0.29) is 26.2 Å². The van der Waals surface area contributed by atoms with E-state index >= 15 is 0 Å². The molecule has 0 aliphatic rings. The van der Waals surface area contributed by atoms with Gasteiger partial charge in [-0.3, -0.25) is 0 Å². The molecular formula is C31H46F3O2P. The normalized spacial score (nSPS) is 14.8. The number of hydrogen-bond acceptors (Lipinski definition) is 2. The van der Waals surface area contributed by atoms with Gasteiger partial charge in [-0.05, 0) is 41.1 Å². The first-order valence-electron chi connectivity index (χ1n) is 13.2. The van der Waals surface area contributed by atoms with Crippen molar-refractivity contribution in [1.29, 1.82) is 0 Å². The van der Waals surface area contributed by atoms with Crippen molar-refractivity contribution >= 4 is 13.9 Å². The molecule has 0 bridgehead atoms. The number of ether oxygens (including phenoxy) is 2. The molecule has 37 heavy (non-hydrogen) atoms. The molecule has 0 radical (unpaired) electrons. The SMILES string of the molecule is CCCCCC(C)(Pc1ccc(C)cc1C(F)(F)F)c1cc(C(C)(C)C)cc(C(C)(C)C)c1OCOC. The molecule has 0 aromatic heterocycles. The molecule has 2 unspecified atom stereocenters. The number of benzene rings is 2. The van der Waals surface area contributed by atoms with Gasteiger partial charge in [0.15, 0.2) is 6.79 Å². The van der Waals surface area contributed by atoms with Crippen LogP contribution >= 0.6 is 8.58 Å². The van der Waals surface area contributed by atoms with E-state index in [1.54, 1.807) is 26.2 Å². The number of methoxy groups -OCH3 is 1. The molecule has 6 heteroatoms. The third kappa shape index (κ3) is 8.20. The largest absolute Gasteiger partial charge is 0.467 e. The molecule has 0 heterocycles. The van der Waals surface area contributed by atoms with Gasteiger partial charge in [0.05, 0.1) is 5.56 Å². The van der Waals surface area contributed by atoms with Crippen LogP contribution < -0.4 is 10.0 Å². The fourth-order valence-electron chi connectivity index (χ4n) is 4.59. The molecule has 0 fully saturated rings. The lowest BCUT2D eigenvalue weighted by molar-refractivity contribution is -0.136. The molecule has 0 N–H and O–H groups in total. The third-order valence-corrected chi connectivity index (χ3v) is 8.63. The summed E-state index contributed by atoms with van der Waals surface area (Å²) in [7, 11) is 1.51. The van der Waals surface area contributed by atoms with Gasteiger partial charge in [-0.15, -0.1) is 0 Å². The number of unbranched alkanes of at least 4 members (excludes halogenated alkanes) is 2. The first-order chi connectivity index (χ1) is 16.9.